The molecule has 0 saturated heterocycles. The van der Waals surface area contributed by atoms with Crippen molar-refractivity contribution in [2.75, 3.05) is 19.4 Å². The van der Waals surface area contributed by atoms with Crippen LogP contribution in [0.25, 0.3) is 0 Å². The van der Waals surface area contributed by atoms with Crippen LogP contribution in [0, 0.1) is 6.92 Å². The highest BCUT2D eigenvalue weighted by Gasteiger charge is 2.15. The molecule has 1 amide bonds. The standard InChI is InChI=1S/C18H19ClN2O5/c1-10-6-12(20-17(23)18(24)25)8-14(19)16(10)26-13-4-5-15(22)11(7-13)9-21(2)3/h4-8,22H,9H2,1-3H3,(H,20,23)(H,24,25). The Morgan fingerprint density at radius 2 is 1.92 bits per heavy atom. The van der Waals surface area contributed by atoms with Crippen molar-refractivity contribution in [3.8, 4) is 17.2 Å². The number of phenols is 1. The highest BCUT2D eigenvalue weighted by molar-refractivity contribution is 6.37. The van der Waals surface area contributed by atoms with E-state index < -0.39 is 11.9 Å². The second-order valence-electron chi connectivity index (χ2n) is 5.99. The van der Waals surface area contributed by atoms with Crippen LogP contribution >= 0.6 is 11.6 Å². The van der Waals surface area contributed by atoms with E-state index in [1.165, 1.54) is 6.07 Å². The molecule has 0 heterocycles. The zero-order valence-corrected chi connectivity index (χ0v) is 15.3. The summed E-state index contributed by atoms with van der Waals surface area (Å²) in [5, 5.41) is 21.0. The van der Waals surface area contributed by atoms with Crippen LogP contribution in [0.15, 0.2) is 30.3 Å². The largest absolute Gasteiger partial charge is 0.508 e. The molecule has 7 nitrogen and oxygen atoms in total. The fourth-order valence-electron chi connectivity index (χ4n) is 2.33. The second-order valence-corrected chi connectivity index (χ2v) is 6.40. The number of carbonyl (C=O) groups is 2. The lowest BCUT2D eigenvalue weighted by Crippen LogP contribution is -2.21. The summed E-state index contributed by atoms with van der Waals surface area (Å²) >= 11 is 6.22. The Morgan fingerprint density at radius 1 is 1.23 bits per heavy atom. The first kappa shape index (κ1) is 19.6. The molecule has 2 aromatic rings. The number of carboxylic acids is 1. The van der Waals surface area contributed by atoms with E-state index in [4.69, 9.17) is 21.4 Å². The fourth-order valence-corrected chi connectivity index (χ4v) is 2.63. The van der Waals surface area contributed by atoms with E-state index in [0.717, 1.165) is 0 Å². The van der Waals surface area contributed by atoms with Gasteiger partial charge < -0.3 is 25.2 Å². The molecule has 0 unspecified atom stereocenters. The minimum Gasteiger partial charge on any atom is -0.508 e. The van der Waals surface area contributed by atoms with Crippen LogP contribution in [0.2, 0.25) is 5.02 Å². The molecule has 0 aliphatic rings. The van der Waals surface area contributed by atoms with Crippen molar-refractivity contribution in [1.82, 2.24) is 4.90 Å². The highest BCUT2D eigenvalue weighted by atomic mass is 35.5. The number of nitrogens with zero attached hydrogens (tertiary/aromatic N) is 1. The minimum atomic E-state index is -1.59. The number of hydrogen-bond acceptors (Lipinski definition) is 5. The van der Waals surface area contributed by atoms with Gasteiger partial charge in [0.05, 0.1) is 5.02 Å². The fraction of sp³-hybridized carbons (Fsp3) is 0.222. The number of aromatic hydroxyl groups is 1. The summed E-state index contributed by atoms with van der Waals surface area (Å²) in [6, 6.07) is 7.84. The zero-order chi connectivity index (χ0) is 19.4. The van der Waals surface area contributed by atoms with Crippen LogP contribution in [-0.4, -0.2) is 41.1 Å². The van der Waals surface area contributed by atoms with Crippen LogP contribution in [0.4, 0.5) is 5.69 Å². The topological polar surface area (TPSA) is 99.1 Å². The van der Waals surface area contributed by atoms with Crippen molar-refractivity contribution in [2.45, 2.75) is 13.5 Å². The van der Waals surface area contributed by atoms with Crippen LogP contribution < -0.4 is 10.1 Å². The normalized spacial score (nSPS) is 10.7. The van der Waals surface area contributed by atoms with Gasteiger partial charge in [0, 0.05) is 17.8 Å². The van der Waals surface area contributed by atoms with Crippen molar-refractivity contribution < 1.29 is 24.5 Å². The average molecular weight is 379 g/mol. The van der Waals surface area contributed by atoms with Gasteiger partial charge in [-0.1, -0.05) is 11.6 Å². The molecule has 138 valence electrons. The predicted octanol–water partition coefficient (Wildman–Crippen LogP) is 3.23. The van der Waals surface area contributed by atoms with Crippen molar-refractivity contribution in [1.29, 1.82) is 0 Å². The third-order valence-corrected chi connectivity index (χ3v) is 3.72. The van der Waals surface area contributed by atoms with E-state index in [9.17, 15) is 14.7 Å². The maximum absolute atomic E-state index is 11.3. The van der Waals surface area contributed by atoms with Crippen LogP contribution in [0.3, 0.4) is 0 Å². The third kappa shape index (κ3) is 4.87. The minimum absolute atomic E-state index is 0.167. The Balaban J connectivity index is 2.27. The number of aryl methyl sites for hydroxylation is 1. The number of halogens is 1. The van der Waals surface area contributed by atoms with Gasteiger partial charge in [-0.2, -0.15) is 0 Å². The lowest BCUT2D eigenvalue weighted by Gasteiger charge is -2.15. The molecule has 0 bridgehead atoms. The number of anilines is 1. The molecule has 0 spiro atoms. The zero-order valence-electron chi connectivity index (χ0n) is 14.5. The molecule has 0 aliphatic heterocycles. The summed E-state index contributed by atoms with van der Waals surface area (Å²) in [6.07, 6.45) is 0. The number of aliphatic carboxylic acids is 1. The molecule has 8 heteroatoms. The van der Waals surface area contributed by atoms with E-state index in [0.29, 0.717) is 29.2 Å². The van der Waals surface area contributed by atoms with E-state index >= 15 is 0 Å². The summed E-state index contributed by atoms with van der Waals surface area (Å²) in [4.78, 5) is 23.8. The summed E-state index contributed by atoms with van der Waals surface area (Å²) in [7, 11) is 3.77. The molecule has 0 aliphatic carbocycles. The lowest BCUT2D eigenvalue weighted by atomic mass is 10.1. The third-order valence-electron chi connectivity index (χ3n) is 3.44. The lowest BCUT2D eigenvalue weighted by molar-refractivity contribution is -0.147. The van der Waals surface area contributed by atoms with Crippen molar-refractivity contribution in [3.05, 3.63) is 46.5 Å². The average Bonchev–Trinajstić information content (AvgIpc) is 2.53. The Bertz CT molecular complexity index is 828. The van der Waals surface area contributed by atoms with Gasteiger partial charge in [-0.3, -0.25) is 4.79 Å². The molecule has 0 radical (unpaired) electrons. The molecule has 0 saturated carbocycles. The summed E-state index contributed by atoms with van der Waals surface area (Å²) in [6.45, 7) is 2.26. The van der Waals surface area contributed by atoms with Gasteiger partial charge in [0.15, 0.2) is 0 Å². The number of carbonyl (C=O) groups excluding carboxylic acids is 1. The first-order valence-corrected chi connectivity index (χ1v) is 8.04. The molecule has 0 aromatic heterocycles. The molecular formula is C18H19ClN2O5. The first-order valence-electron chi connectivity index (χ1n) is 7.66. The van der Waals surface area contributed by atoms with Crippen molar-refractivity contribution >= 4 is 29.2 Å². The Morgan fingerprint density at radius 3 is 2.50 bits per heavy atom. The van der Waals surface area contributed by atoms with Gasteiger partial charge >= 0.3 is 11.9 Å². The molecular weight excluding hydrogens is 360 g/mol. The van der Waals surface area contributed by atoms with Gasteiger partial charge in [0.25, 0.3) is 0 Å². The van der Waals surface area contributed by atoms with E-state index in [-0.39, 0.29) is 16.5 Å². The Kier molecular flexibility index (Phi) is 6.07. The monoisotopic (exact) mass is 378 g/mol. The maximum Gasteiger partial charge on any atom is 0.394 e. The highest BCUT2D eigenvalue weighted by Crippen LogP contribution is 2.36. The van der Waals surface area contributed by atoms with E-state index in [1.807, 2.05) is 19.0 Å². The number of hydrogen-bond donors (Lipinski definition) is 3. The smallest absolute Gasteiger partial charge is 0.394 e. The van der Waals surface area contributed by atoms with Gasteiger partial charge in [0.1, 0.15) is 17.2 Å². The quantitative estimate of drug-likeness (QED) is 0.691. The molecule has 0 fully saturated rings. The Labute approximate surface area is 155 Å². The van der Waals surface area contributed by atoms with Gasteiger partial charge in [-0.25, -0.2) is 4.79 Å². The van der Waals surface area contributed by atoms with Crippen molar-refractivity contribution in [2.24, 2.45) is 0 Å². The van der Waals surface area contributed by atoms with E-state index in [1.54, 1.807) is 31.2 Å². The number of ether oxygens (including phenoxy) is 1. The van der Waals surface area contributed by atoms with Crippen LogP contribution in [-0.2, 0) is 16.1 Å². The SMILES string of the molecule is Cc1cc(NC(=O)C(=O)O)cc(Cl)c1Oc1ccc(O)c(CN(C)C)c1. The van der Waals surface area contributed by atoms with Crippen LogP contribution in [0.5, 0.6) is 17.2 Å². The van der Waals surface area contributed by atoms with Gasteiger partial charge in [-0.05, 0) is 56.9 Å². The molecule has 26 heavy (non-hydrogen) atoms. The summed E-state index contributed by atoms with van der Waals surface area (Å²) < 4.78 is 5.83. The number of phenolic OH excluding ortho intramolecular Hbond substituents is 1. The van der Waals surface area contributed by atoms with Crippen molar-refractivity contribution in [3.63, 3.8) is 0 Å². The molecule has 2 rings (SSSR count). The maximum atomic E-state index is 11.3. The summed E-state index contributed by atoms with van der Waals surface area (Å²) in [5.74, 6) is -1.70. The number of rotatable bonds is 5. The van der Waals surface area contributed by atoms with Gasteiger partial charge in [0.2, 0.25) is 0 Å². The van der Waals surface area contributed by atoms with Crippen LogP contribution in [0.1, 0.15) is 11.1 Å². The van der Waals surface area contributed by atoms with Gasteiger partial charge in [-0.15, -0.1) is 0 Å². The Hall–Kier alpha value is -2.77. The summed E-state index contributed by atoms with van der Waals surface area (Å²) in [5.41, 5.74) is 1.57. The number of nitrogens with one attached hydrogen (secondary N) is 1. The number of carboxylic acid groups (broad SMARTS) is 1. The molecule has 0 atom stereocenters. The molecule has 3 N–H and O–H groups in total. The predicted molar refractivity (Wildman–Crippen MR) is 98.0 cm³/mol. The molecule has 2 aromatic carbocycles. The van der Waals surface area contributed by atoms with E-state index in [2.05, 4.69) is 5.32 Å². The number of amides is 1. The first-order chi connectivity index (χ1) is 12.2. The second kappa shape index (κ2) is 8.07. The number of benzene rings is 2.